The third kappa shape index (κ3) is 2.21. The largest absolute Gasteiger partial charge is 0.508 e. The molecule has 1 atom stereocenters. The number of carbonyl (C=O) groups is 1. The molecule has 1 rings (SSSR count). The Bertz CT molecular complexity index is 290. The van der Waals surface area contributed by atoms with Gasteiger partial charge in [-0.05, 0) is 24.6 Å². The summed E-state index contributed by atoms with van der Waals surface area (Å²) in [6, 6.07) is 6.31. The van der Waals surface area contributed by atoms with E-state index in [-0.39, 0.29) is 11.7 Å². The molecular formula is C10H11O3. The highest BCUT2D eigenvalue weighted by molar-refractivity contribution is 5.78. The number of carbonyl (C=O) groups excluding carboxylic acids is 1. The molecule has 0 saturated heterocycles. The van der Waals surface area contributed by atoms with Crippen LogP contribution < -0.4 is 0 Å². The van der Waals surface area contributed by atoms with Gasteiger partial charge in [-0.25, -0.2) is 0 Å². The second kappa shape index (κ2) is 3.94. The number of aromatic hydroxyl groups is 1. The SMILES string of the molecule is [CH2]C(C(=O)OC)c1ccc(O)cc1. The van der Waals surface area contributed by atoms with Gasteiger partial charge in [0.1, 0.15) is 5.75 Å². The molecule has 0 aliphatic heterocycles. The van der Waals surface area contributed by atoms with E-state index in [9.17, 15) is 4.79 Å². The summed E-state index contributed by atoms with van der Waals surface area (Å²) in [6.07, 6.45) is 0. The standard InChI is InChI=1S/C10H11O3/c1-7(10(12)13-2)8-3-5-9(11)6-4-8/h3-7,11H,1H2,2H3. The van der Waals surface area contributed by atoms with E-state index in [1.54, 1.807) is 12.1 Å². The lowest BCUT2D eigenvalue weighted by Crippen LogP contribution is -2.10. The predicted molar refractivity (Wildman–Crippen MR) is 48.2 cm³/mol. The van der Waals surface area contributed by atoms with Gasteiger partial charge in [0.15, 0.2) is 0 Å². The molecule has 0 aliphatic carbocycles. The summed E-state index contributed by atoms with van der Waals surface area (Å²) < 4.78 is 4.53. The van der Waals surface area contributed by atoms with Crippen molar-refractivity contribution in [2.45, 2.75) is 5.92 Å². The molecule has 13 heavy (non-hydrogen) atoms. The van der Waals surface area contributed by atoms with Gasteiger partial charge in [0.05, 0.1) is 13.0 Å². The lowest BCUT2D eigenvalue weighted by atomic mass is 10.0. The molecule has 0 aliphatic rings. The molecule has 0 saturated carbocycles. The summed E-state index contributed by atoms with van der Waals surface area (Å²) in [5.41, 5.74) is 0.727. The maximum Gasteiger partial charge on any atom is 0.313 e. The van der Waals surface area contributed by atoms with Crippen LogP contribution in [0.2, 0.25) is 0 Å². The molecule has 0 aromatic heterocycles. The van der Waals surface area contributed by atoms with Crippen LogP contribution in [0.15, 0.2) is 24.3 Å². The maximum atomic E-state index is 11.0. The van der Waals surface area contributed by atoms with Crippen molar-refractivity contribution in [2.24, 2.45) is 0 Å². The van der Waals surface area contributed by atoms with Gasteiger partial charge in [-0.15, -0.1) is 0 Å². The second-order valence-corrected chi connectivity index (χ2v) is 2.67. The van der Waals surface area contributed by atoms with E-state index >= 15 is 0 Å². The zero-order chi connectivity index (χ0) is 9.84. The van der Waals surface area contributed by atoms with Crippen molar-refractivity contribution in [3.63, 3.8) is 0 Å². The minimum atomic E-state index is -0.536. The number of benzene rings is 1. The molecular weight excluding hydrogens is 168 g/mol. The normalized spacial score (nSPS) is 12.2. The molecule has 3 nitrogen and oxygen atoms in total. The van der Waals surface area contributed by atoms with Gasteiger partial charge in [-0.3, -0.25) is 4.79 Å². The van der Waals surface area contributed by atoms with Crippen LogP contribution in [-0.4, -0.2) is 18.2 Å². The van der Waals surface area contributed by atoms with Crippen molar-refractivity contribution >= 4 is 5.97 Å². The van der Waals surface area contributed by atoms with Crippen LogP contribution in [0.3, 0.4) is 0 Å². The third-order valence-corrected chi connectivity index (χ3v) is 1.78. The van der Waals surface area contributed by atoms with Crippen molar-refractivity contribution in [1.82, 2.24) is 0 Å². The highest BCUT2D eigenvalue weighted by Crippen LogP contribution is 2.18. The summed E-state index contributed by atoms with van der Waals surface area (Å²) in [5.74, 6) is -0.753. The predicted octanol–water partition coefficient (Wildman–Crippen LogP) is 1.48. The van der Waals surface area contributed by atoms with Gasteiger partial charge in [-0.2, -0.15) is 0 Å². The Morgan fingerprint density at radius 1 is 1.46 bits per heavy atom. The number of esters is 1. The summed E-state index contributed by atoms with van der Waals surface area (Å²) in [4.78, 5) is 11.0. The van der Waals surface area contributed by atoms with Crippen LogP contribution in [0.25, 0.3) is 0 Å². The van der Waals surface area contributed by atoms with E-state index in [0.29, 0.717) is 0 Å². The van der Waals surface area contributed by atoms with Gasteiger partial charge in [-0.1, -0.05) is 12.1 Å². The van der Waals surface area contributed by atoms with Crippen LogP contribution in [-0.2, 0) is 9.53 Å². The molecule has 0 fully saturated rings. The summed E-state index contributed by atoms with van der Waals surface area (Å²) in [6.45, 7) is 3.65. The van der Waals surface area contributed by atoms with Gasteiger partial charge in [0.25, 0.3) is 0 Å². The molecule has 3 heteroatoms. The van der Waals surface area contributed by atoms with Crippen LogP contribution in [0.5, 0.6) is 5.75 Å². The Morgan fingerprint density at radius 3 is 2.46 bits per heavy atom. The first kappa shape index (κ1) is 9.58. The number of rotatable bonds is 2. The smallest absolute Gasteiger partial charge is 0.313 e. The summed E-state index contributed by atoms with van der Waals surface area (Å²) >= 11 is 0. The molecule has 1 aromatic carbocycles. The molecule has 1 unspecified atom stereocenters. The molecule has 1 N–H and O–H groups in total. The Hall–Kier alpha value is -1.51. The Balaban J connectivity index is 2.83. The zero-order valence-corrected chi connectivity index (χ0v) is 7.36. The zero-order valence-electron chi connectivity index (χ0n) is 7.36. The van der Waals surface area contributed by atoms with Gasteiger partial charge in [0.2, 0.25) is 0 Å². The number of ether oxygens (including phenoxy) is 1. The minimum Gasteiger partial charge on any atom is -0.508 e. The first-order valence-corrected chi connectivity index (χ1v) is 3.85. The average molecular weight is 179 g/mol. The van der Waals surface area contributed by atoms with Gasteiger partial charge < -0.3 is 9.84 Å². The van der Waals surface area contributed by atoms with E-state index in [0.717, 1.165) is 5.56 Å². The highest BCUT2D eigenvalue weighted by atomic mass is 16.5. The monoisotopic (exact) mass is 179 g/mol. The first-order valence-electron chi connectivity index (χ1n) is 3.85. The lowest BCUT2D eigenvalue weighted by Gasteiger charge is -2.08. The van der Waals surface area contributed by atoms with E-state index in [2.05, 4.69) is 11.7 Å². The van der Waals surface area contributed by atoms with Crippen LogP contribution in [0, 0.1) is 6.92 Å². The number of phenolic OH excluding ortho intramolecular Hbond substituents is 1. The Labute approximate surface area is 77.0 Å². The van der Waals surface area contributed by atoms with E-state index in [1.165, 1.54) is 19.2 Å². The van der Waals surface area contributed by atoms with Crippen molar-refractivity contribution < 1.29 is 14.6 Å². The van der Waals surface area contributed by atoms with Crippen molar-refractivity contribution in [1.29, 1.82) is 0 Å². The molecule has 1 aromatic rings. The molecule has 0 spiro atoms. The van der Waals surface area contributed by atoms with Crippen LogP contribution >= 0.6 is 0 Å². The summed E-state index contributed by atoms with van der Waals surface area (Å²) in [7, 11) is 1.32. The third-order valence-electron chi connectivity index (χ3n) is 1.78. The maximum absolute atomic E-state index is 11.0. The molecule has 0 bridgehead atoms. The number of hydrogen-bond acceptors (Lipinski definition) is 3. The van der Waals surface area contributed by atoms with E-state index in [1.807, 2.05) is 0 Å². The number of phenols is 1. The van der Waals surface area contributed by atoms with Crippen molar-refractivity contribution in [2.75, 3.05) is 7.11 Å². The molecule has 0 heterocycles. The fourth-order valence-corrected chi connectivity index (χ4v) is 0.985. The average Bonchev–Trinajstić information content (AvgIpc) is 2.17. The first-order chi connectivity index (χ1) is 6.15. The number of methoxy groups -OCH3 is 1. The topological polar surface area (TPSA) is 46.5 Å². The van der Waals surface area contributed by atoms with E-state index in [4.69, 9.17) is 5.11 Å². The van der Waals surface area contributed by atoms with Crippen LogP contribution in [0.4, 0.5) is 0 Å². The van der Waals surface area contributed by atoms with Gasteiger partial charge >= 0.3 is 5.97 Å². The summed E-state index contributed by atoms with van der Waals surface area (Å²) in [5, 5.41) is 9.00. The Kier molecular flexibility index (Phi) is 2.90. The quantitative estimate of drug-likeness (QED) is 0.699. The van der Waals surface area contributed by atoms with E-state index < -0.39 is 5.92 Å². The minimum absolute atomic E-state index is 0.167. The fourth-order valence-electron chi connectivity index (χ4n) is 0.985. The van der Waals surface area contributed by atoms with Crippen LogP contribution in [0.1, 0.15) is 11.5 Å². The molecule has 69 valence electrons. The van der Waals surface area contributed by atoms with Gasteiger partial charge in [0, 0.05) is 0 Å². The van der Waals surface area contributed by atoms with Crippen molar-refractivity contribution in [3.05, 3.63) is 36.8 Å². The molecule has 0 amide bonds. The fraction of sp³-hybridized carbons (Fsp3) is 0.200. The molecule has 1 radical (unpaired) electrons. The Morgan fingerprint density at radius 2 is 2.00 bits per heavy atom. The second-order valence-electron chi connectivity index (χ2n) is 2.67. The van der Waals surface area contributed by atoms with Crippen molar-refractivity contribution in [3.8, 4) is 5.75 Å². The highest BCUT2D eigenvalue weighted by Gasteiger charge is 2.14. The number of hydrogen-bond donors (Lipinski definition) is 1. The lowest BCUT2D eigenvalue weighted by molar-refractivity contribution is -0.141.